The standard InChI is InChI=1S/C14H19N5O/c1-3-4-10(7-9(2)20)14-18-17-12-8-16-13-11(19(12)14)5-6-15-13/h5-6,8-10,15,20H,3-4,7H2,1-2H3. The summed E-state index contributed by atoms with van der Waals surface area (Å²) in [7, 11) is 0. The zero-order valence-electron chi connectivity index (χ0n) is 11.7. The van der Waals surface area contributed by atoms with E-state index in [0.29, 0.717) is 6.42 Å². The van der Waals surface area contributed by atoms with Gasteiger partial charge in [0.1, 0.15) is 5.82 Å². The lowest BCUT2D eigenvalue weighted by molar-refractivity contribution is 0.170. The van der Waals surface area contributed by atoms with Crippen LogP contribution >= 0.6 is 0 Å². The molecule has 106 valence electrons. The van der Waals surface area contributed by atoms with Crippen LogP contribution in [0.2, 0.25) is 0 Å². The number of hydrogen-bond acceptors (Lipinski definition) is 4. The molecule has 0 saturated heterocycles. The Morgan fingerprint density at radius 1 is 1.40 bits per heavy atom. The molecule has 0 aliphatic carbocycles. The molecular weight excluding hydrogens is 254 g/mol. The topological polar surface area (TPSA) is 79.1 Å². The van der Waals surface area contributed by atoms with Gasteiger partial charge >= 0.3 is 0 Å². The first-order chi connectivity index (χ1) is 9.70. The molecule has 3 heterocycles. The van der Waals surface area contributed by atoms with E-state index >= 15 is 0 Å². The predicted octanol–water partition coefficient (Wildman–Crippen LogP) is 2.26. The molecule has 2 atom stereocenters. The minimum atomic E-state index is -0.345. The third-order valence-electron chi connectivity index (χ3n) is 3.59. The first-order valence-electron chi connectivity index (χ1n) is 7.06. The van der Waals surface area contributed by atoms with Gasteiger partial charge in [0.2, 0.25) is 0 Å². The molecule has 20 heavy (non-hydrogen) atoms. The SMILES string of the molecule is CCCC(CC(C)O)c1nnc2cnc3[nH]ccc3n12. The third kappa shape index (κ3) is 2.16. The van der Waals surface area contributed by atoms with Gasteiger partial charge in [-0.1, -0.05) is 13.3 Å². The lowest BCUT2D eigenvalue weighted by Crippen LogP contribution is -2.12. The third-order valence-corrected chi connectivity index (χ3v) is 3.59. The van der Waals surface area contributed by atoms with Gasteiger partial charge in [-0.2, -0.15) is 0 Å². The summed E-state index contributed by atoms with van der Waals surface area (Å²) >= 11 is 0. The maximum atomic E-state index is 9.72. The van der Waals surface area contributed by atoms with Crippen molar-refractivity contribution in [3.8, 4) is 0 Å². The lowest BCUT2D eigenvalue weighted by atomic mass is 9.96. The molecule has 6 nitrogen and oxygen atoms in total. The lowest BCUT2D eigenvalue weighted by Gasteiger charge is -2.16. The van der Waals surface area contributed by atoms with Crippen LogP contribution in [0, 0.1) is 0 Å². The number of aromatic amines is 1. The summed E-state index contributed by atoms with van der Waals surface area (Å²) in [5, 5.41) is 18.3. The molecule has 0 aliphatic rings. The highest BCUT2D eigenvalue weighted by molar-refractivity contribution is 5.74. The number of aliphatic hydroxyl groups excluding tert-OH is 1. The predicted molar refractivity (Wildman–Crippen MR) is 76.6 cm³/mol. The van der Waals surface area contributed by atoms with Crippen molar-refractivity contribution in [3.63, 3.8) is 0 Å². The van der Waals surface area contributed by atoms with E-state index in [0.717, 1.165) is 35.5 Å². The van der Waals surface area contributed by atoms with Gasteiger partial charge in [0.05, 0.1) is 17.8 Å². The van der Waals surface area contributed by atoms with Crippen LogP contribution in [-0.2, 0) is 0 Å². The maximum absolute atomic E-state index is 9.72. The molecule has 2 N–H and O–H groups in total. The zero-order valence-corrected chi connectivity index (χ0v) is 11.7. The van der Waals surface area contributed by atoms with Crippen molar-refractivity contribution in [1.29, 1.82) is 0 Å². The largest absolute Gasteiger partial charge is 0.393 e. The van der Waals surface area contributed by atoms with Crippen molar-refractivity contribution in [2.75, 3.05) is 0 Å². The van der Waals surface area contributed by atoms with E-state index in [4.69, 9.17) is 0 Å². The summed E-state index contributed by atoms with van der Waals surface area (Å²) in [4.78, 5) is 7.42. The van der Waals surface area contributed by atoms with Crippen LogP contribution < -0.4 is 0 Å². The van der Waals surface area contributed by atoms with Gasteiger partial charge in [-0.05, 0) is 25.8 Å². The van der Waals surface area contributed by atoms with Crippen LogP contribution in [0.3, 0.4) is 0 Å². The van der Waals surface area contributed by atoms with Crippen LogP contribution in [0.5, 0.6) is 0 Å². The second-order valence-corrected chi connectivity index (χ2v) is 5.29. The van der Waals surface area contributed by atoms with E-state index < -0.39 is 0 Å². The van der Waals surface area contributed by atoms with E-state index in [1.54, 1.807) is 6.20 Å². The molecule has 0 amide bonds. The van der Waals surface area contributed by atoms with Crippen molar-refractivity contribution in [3.05, 3.63) is 24.3 Å². The van der Waals surface area contributed by atoms with Gasteiger partial charge < -0.3 is 10.1 Å². The zero-order chi connectivity index (χ0) is 14.1. The summed E-state index contributed by atoms with van der Waals surface area (Å²) in [6.07, 6.45) is 5.98. The average Bonchev–Trinajstić information content (AvgIpc) is 3.03. The van der Waals surface area contributed by atoms with Gasteiger partial charge in [-0.15, -0.1) is 10.2 Å². The first-order valence-corrected chi connectivity index (χ1v) is 7.06. The van der Waals surface area contributed by atoms with E-state index in [9.17, 15) is 5.11 Å². The minimum Gasteiger partial charge on any atom is -0.393 e. The van der Waals surface area contributed by atoms with Gasteiger partial charge in [0, 0.05) is 12.1 Å². The van der Waals surface area contributed by atoms with Gasteiger partial charge in [0.15, 0.2) is 11.3 Å². The second kappa shape index (κ2) is 5.20. The highest BCUT2D eigenvalue weighted by atomic mass is 16.3. The van der Waals surface area contributed by atoms with Crippen LogP contribution in [0.4, 0.5) is 0 Å². The van der Waals surface area contributed by atoms with Gasteiger partial charge in [-0.25, -0.2) is 4.98 Å². The molecule has 0 radical (unpaired) electrons. The molecule has 6 heteroatoms. The number of nitrogens with zero attached hydrogens (tertiary/aromatic N) is 4. The van der Waals surface area contributed by atoms with Crippen LogP contribution in [-0.4, -0.2) is 35.8 Å². The van der Waals surface area contributed by atoms with E-state index in [2.05, 4.69) is 27.1 Å². The van der Waals surface area contributed by atoms with Crippen LogP contribution in [0.1, 0.15) is 44.9 Å². The van der Waals surface area contributed by atoms with E-state index in [1.807, 2.05) is 23.6 Å². The fourth-order valence-corrected chi connectivity index (χ4v) is 2.77. The molecule has 0 aliphatic heterocycles. The molecule has 0 saturated carbocycles. The Hall–Kier alpha value is -1.95. The fourth-order valence-electron chi connectivity index (χ4n) is 2.77. The average molecular weight is 273 g/mol. The fraction of sp³-hybridized carbons (Fsp3) is 0.500. The Morgan fingerprint density at radius 2 is 2.25 bits per heavy atom. The van der Waals surface area contributed by atoms with Crippen LogP contribution in [0.15, 0.2) is 18.5 Å². The van der Waals surface area contributed by atoms with Crippen LogP contribution in [0.25, 0.3) is 16.8 Å². The summed E-state index contributed by atoms with van der Waals surface area (Å²) in [6.45, 7) is 3.96. The highest BCUT2D eigenvalue weighted by Crippen LogP contribution is 2.27. The van der Waals surface area contributed by atoms with Crippen molar-refractivity contribution in [1.82, 2.24) is 24.6 Å². The molecule has 0 aromatic carbocycles. The quantitative estimate of drug-likeness (QED) is 0.747. The normalized spacial score (nSPS) is 14.9. The van der Waals surface area contributed by atoms with Crippen molar-refractivity contribution in [2.45, 2.75) is 45.1 Å². The molecule has 3 rings (SSSR count). The van der Waals surface area contributed by atoms with Gasteiger partial charge in [0.25, 0.3) is 0 Å². The highest BCUT2D eigenvalue weighted by Gasteiger charge is 2.21. The second-order valence-electron chi connectivity index (χ2n) is 5.29. The Kier molecular flexibility index (Phi) is 3.40. The van der Waals surface area contributed by atoms with Crippen molar-refractivity contribution >= 4 is 16.8 Å². The number of fused-ring (bicyclic) bond motifs is 3. The Bertz CT molecular complexity index is 715. The summed E-state index contributed by atoms with van der Waals surface area (Å²) in [5.41, 5.74) is 2.55. The molecule has 2 unspecified atom stereocenters. The summed E-state index contributed by atoms with van der Waals surface area (Å²) in [6, 6.07) is 1.98. The monoisotopic (exact) mass is 273 g/mol. The number of aliphatic hydroxyl groups is 1. The molecule has 3 aromatic rings. The molecule has 0 bridgehead atoms. The number of aromatic nitrogens is 5. The Morgan fingerprint density at radius 3 is 3.00 bits per heavy atom. The van der Waals surface area contributed by atoms with Gasteiger partial charge in [-0.3, -0.25) is 4.40 Å². The number of H-pyrrole nitrogens is 1. The Labute approximate surface area is 116 Å². The number of hydrogen-bond donors (Lipinski definition) is 2. The number of rotatable bonds is 5. The molecule has 3 aromatic heterocycles. The maximum Gasteiger partial charge on any atom is 0.179 e. The van der Waals surface area contributed by atoms with Crippen molar-refractivity contribution in [2.24, 2.45) is 0 Å². The molecule has 0 fully saturated rings. The summed E-state index contributed by atoms with van der Waals surface area (Å²) in [5.74, 6) is 1.12. The van der Waals surface area contributed by atoms with E-state index in [-0.39, 0.29) is 12.0 Å². The minimum absolute atomic E-state index is 0.204. The Balaban J connectivity index is 2.15. The summed E-state index contributed by atoms with van der Waals surface area (Å²) < 4.78 is 2.04. The number of nitrogens with one attached hydrogen (secondary N) is 1. The first kappa shape index (κ1) is 13.1. The van der Waals surface area contributed by atoms with Crippen molar-refractivity contribution < 1.29 is 5.11 Å². The smallest absolute Gasteiger partial charge is 0.179 e. The molecular formula is C14H19N5O. The molecule has 0 spiro atoms. The van der Waals surface area contributed by atoms with E-state index in [1.165, 1.54) is 0 Å².